The van der Waals surface area contributed by atoms with Crippen LogP contribution in [0.3, 0.4) is 0 Å². The van der Waals surface area contributed by atoms with E-state index in [0.29, 0.717) is 11.7 Å². The number of nitrogens with one attached hydrogen (secondary N) is 1. The van der Waals surface area contributed by atoms with Gasteiger partial charge in [-0.15, -0.1) is 0 Å². The molecule has 0 aromatic carbocycles. The van der Waals surface area contributed by atoms with Gasteiger partial charge in [-0.1, -0.05) is 19.3 Å². The van der Waals surface area contributed by atoms with E-state index in [9.17, 15) is 5.26 Å². The monoisotopic (exact) mass is 313 g/mol. The van der Waals surface area contributed by atoms with Crippen LogP contribution in [0, 0.1) is 11.3 Å². The van der Waals surface area contributed by atoms with E-state index < -0.39 is 0 Å². The van der Waals surface area contributed by atoms with Gasteiger partial charge in [-0.25, -0.2) is 4.98 Å². The zero-order valence-corrected chi connectivity index (χ0v) is 13.9. The second kappa shape index (κ2) is 8.31. The molecular formula is C19H27N3O. The summed E-state index contributed by atoms with van der Waals surface area (Å²) in [4.78, 5) is 4.70. The van der Waals surface area contributed by atoms with E-state index >= 15 is 0 Å². The van der Waals surface area contributed by atoms with E-state index in [1.54, 1.807) is 0 Å². The van der Waals surface area contributed by atoms with Crippen LogP contribution in [0.5, 0.6) is 0 Å². The molecule has 0 spiro atoms. The van der Waals surface area contributed by atoms with Gasteiger partial charge in [0.05, 0.1) is 11.7 Å². The van der Waals surface area contributed by atoms with Crippen molar-refractivity contribution in [2.24, 2.45) is 0 Å². The molecule has 0 unspecified atom stereocenters. The fourth-order valence-corrected chi connectivity index (χ4v) is 3.61. The smallest absolute Gasteiger partial charge is 0.144 e. The molecule has 0 atom stereocenters. The van der Waals surface area contributed by atoms with Crippen molar-refractivity contribution in [1.29, 1.82) is 5.26 Å². The first-order valence-electron chi connectivity index (χ1n) is 9.15. The quantitative estimate of drug-likeness (QED) is 0.807. The molecule has 1 aromatic heterocycles. The number of pyridine rings is 1. The highest BCUT2D eigenvalue weighted by atomic mass is 16.5. The van der Waals surface area contributed by atoms with Gasteiger partial charge in [0.25, 0.3) is 0 Å². The fourth-order valence-electron chi connectivity index (χ4n) is 3.61. The van der Waals surface area contributed by atoms with E-state index in [1.807, 2.05) is 6.07 Å². The van der Waals surface area contributed by atoms with Crippen molar-refractivity contribution in [3.05, 3.63) is 22.9 Å². The number of nitrogens with zero attached hydrogens (tertiary/aromatic N) is 2. The lowest BCUT2D eigenvalue weighted by molar-refractivity contribution is 0.0284. The third kappa shape index (κ3) is 4.45. The van der Waals surface area contributed by atoms with Crippen molar-refractivity contribution in [3.63, 3.8) is 0 Å². The van der Waals surface area contributed by atoms with Crippen LogP contribution in [0.4, 0.5) is 5.82 Å². The van der Waals surface area contributed by atoms with E-state index in [2.05, 4.69) is 11.4 Å². The molecule has 0 amide bonds. The Morgan fingerprint density at radius 1 is 1.17 bits per heavy atom. The minimum atomic E-state index is 0.472. The molecule has 1 fully saturated rings. The molecule has 4 heteroatoms. The van der Waals surface area contributed by atoms with E-state index in [1.165, 1.54) is 56.2 Å². The maximum Gasteiger partial charge on any atom is 0.144 e. The standard InChI is InChI=1S/C19H27N3O/c20-14-16-13-15-7-4-5-10-18(15)22-19(16)21-11-6-12-23-17-8-2-1-3-9-17/h13,17H,1-12H2,(H,21,22). The highest BCUT2D eigenvalue weighted by Crippen LogP contribution is 2.24. The van der Waals surface area contributed by atoms with E-state index in [-0.39, 0.29) is 0 Å². The van der Waals surface area contributed by atoms with Gasteiger partial charge in [-0.3, -0.25) is 0 Å². The van der Waals surface area contributed by atoms with Crippen molar-refractivity contribution in [2.75, 3.05) is 18.5 Å². The molecule has 23 heavy (non-hydrogen) atoms. The summed E-state index contributed by atoms with van der Waals surface area (Å²) in [5.41, 5.74) is 3.12. The Bertz CT molecular complexity index is 558. The largest absolute Gasteiger partial charge is 0.378 e. The summed E-state index contributed by atoms with van der Waals surface area (Å²) in [5.74, 6) is 0.755. The SMILES string of the molecule is N#Cc1cc2c(nc1NCCCOC1CCCCC1)CCCC2. The van der Waals surface area contributed by atoms with Crippen molar-refractivity contribution in [2.45, 2.75) is 70.3 Å². The summed E-state index contributed by atoms with van der Waals surface area (Å²) < 4.78 is 5.94. The maximum absolute atomic E-state index is 9.34. The molecule has 1 aromatic rings. The van der Waals surface area contributed by atoms with Gasteiger partial charge in [0.15, 0.2) is 0 Å². The number of nitriles is 1. The molecule has 2 aliphatic rings. The minimum absolute atomic E-state index is 0.472. The first-order chi connectivity index (χ1) is 11.4. The fraction of sp³-hybridized carbons (Fsp3) is 0.684. The predicted octanol–water partition coefficient (Wildman–Crippen LogP) is 3.98. The number of rotatable bonds is 6. The molecule has 0 bridgehead atoms. The number of aryl methyl sites for hydroxylation is 2. The van der Waals surface area contributed by atoms with E-state index in [4.69, 9.17) is 9.72 Å². The summed E-state index contributed by atoms with van der Waals surface area (Å²) in [7, 11) is 0. The Labute approximate surface area is 139 Å². The number of fused-ring (bicyclic) bond motifs is 1. The second-order valence-electron chi connectivity index (χ2n) is 6.72. The number of ether oxygens (including phenoxy) is 1. The summed E-state index contributed by atoms with van der Waals surface area (Å²) in [6, 6.07) is 4.31. The van der Waals surface area contributed by atoms with Crippen molar-refractivity contribution < 1.29 is 4.74 Å². The number of hydrogen-bond donors (Lipinski definition) is 1. The summed E-state index contributed by atoms with van der Waals surface area (Å²) in [6.07, 6.45) is 12.4. The number of anilines is 1. The molecule has 0 saturated heterocycles. The van der Waals surface area contributed by atoms with Crippen LogP contribution in [-0.4, -0.2) is 24.2 Å². The maximum atomic E-state index is 9.34. The van der Waals surface area contributed by atoms with Crippen LogP contribution in [0.25, 0.3) is 0 Å². The number of hydrogen-bond acceptors (Lipinski definition) is 4. The zero-order valence-electron chi connectivity index (χ0n) is 13.9. The molecule has 0 radical (unpaired) electrons. The molecule has 2 aliphatic carbocycles. The normalized spacial score (nSPS) is 18.2. The first kappa shape index (κ1) is 16.3. The molecular weight excluding hydrogens is 286 g/mol. The molecule has 1 N–H and O–H groups in total. The minimum Gasteiger partial charge on any atom is -0.378 e. The van der Waals surface area contributed by atoms with Gasteiger partial charge < -0.3 is 10.1 Å². The third-order valence-electron chi connectivity index (χ3n) is 4.94. The topological polar surface area (TPSA) is 57.9 Å². The molecule has 4 nitrogen and oxygen atoms in total. The average Bonchev–Trinajstić information content (AvgIpc) is 2.61. The van der Waals surface area contributed by atoms with Crippen LogP contribution in [0.15, 0.2) is 6.07 Å². The average molecular weight is 313 g/mol. The Kier molecular flexibility index (Phi) is 5.87. The van der Waals surface area contributed by atoms with Crippen LogP contribution in [-0.2, 0) is 17.6 Å². The summed E-state index contributed by atoms with van der Waals surface area (Å²) >= 11 is 0. The molecule has 1 saturated carbocycles. The third-order valence-corrected chi connectivity index (χ3v) is 4.94. The van der Waals surface area contributed by atoms with Gasteiger partial charge in [-0.2, -0.15) is 5.26 Å². The zero-order chi connectivity index (χ0) is 15.9. The summed E-state index contributed by atoms with van der Waals surface area (Å²) in [5, 5.41) is 12.7. The first-order valence-corrected chi connectivity index (χ1v) is 9.15. The highest BCUT2D eigenvalue weighted by Gasteiger charge is 2.15. The number of aromatic nitrogens is 1. The van der Waals surface area contributed by atoms with Crippen LogP contribution in [0.1, 0.15) is 68.2 Å². The summed E-state index contributed by atoms with van der Waals surface area (Å²) in [6.45, 7) is 1.61. The Balaban J connectivity index is 1.47. The Morgan fingerprint density at radius 2 is 2.00 bits per heavy atom. The highest BCUT2D eigenvalue weighted by molar-refractivity contribution is 5.54. The lowest BCUT2D eigenvalue weighted by Crippen LogP contribution is -2.18. The van der Waals surface area contributed by atoms with Crippen molar-refractivity contribution in [1.82, 2.24) is 4.98 Å². The van der Waals surface area contributed by atoms with Gasteiger partial charge >= 0.3 is 0 Å². The molecule has 0 aliphatic heterocycles. The molecule has 124 valence electrons. The molecule has 3 rings (SSSR count). The lowest BCUT2D eigenvalue weighted by Gasteiger charge is -2.22. The predicted molar refractivity (Wildman–Crippen MR) is 91.5 cm³/mol. The van der Waals surface area contributed by atoms with Crippen molar-refractivity contribution in [3.8, 4) is 6.07 Å². The Hall–Kier alpha value is -1.60. The van der Waals surface area contributed by atoms with Gasteiger partial charge in [0, 0.05) is 18.8 Å². The van der Waals surface area contributed by atoms with Crippen LogP contribution in [0.2, 0.25) is 0 Å². The van der Waals surface area contributed by atoms with Gasteiger partial charge in [-0.05, 0) is 56.6 Å². The lowest BCUT2D eigenvalue weighted by atomic mass is 9.95. The Morgan fingerprint density at radius 3 is 2.83 bits per heavy atom. The molecule has 1 heterocycles. The van der Waals surface area contributed by atoms with Crippen molar-refractivity contribution >= 4 is 5.82 Å². The second-order valence-corrected chi connectivity index (χ2v) is 6.72. The van der Waals surface area contributed by atoms with Gasteiger partial charge in [0.1, 0.15) is 11.9 Å². The van der Waals surface area contributed by atoms with Crippen LogP contribution < -0.4 is 5.32 Å². The van der Waals surface area contributed by atoms with Crippen LogP contribution >= 0.6 is 0 Å². The van der Waals surface area contributed by atoms with E-state index in [0.717, 1.165) is 38.2 Å². The van der Waals surface area contributed by atoms with Gasteiger partial charge in [0.2, 0.25) is 0 Å².